The van der Waals surface area contributed by atoms with Crippen LogP contribution in [0, 0.1) is 17.8 Å². The number of esters is 1. The number of piperidine rings is 2. The smallest absolute Gasteiger partial charge is 0.310 e. The van der Waals surface area contributed by atoms with E-state index in [9.17, 15) is 15.2 Å². The minimum Gasteiger partial charge on any atom is -0.469 e. The lowest BCUT2D eigenvalue weighted by Crippen LogP contribution is -2.77. The average Bonchev–Trinajstić information content (AvgIpc) is 3.03. The third-order valence-electron chi connectivity index (χ3n) is 6.96. The second-order valence-electron chi connectivity index (χ2n) is 7.65. The normalized spacial score (nSPS) is 40.3. The van der Waals surface area contributed by atoms with Crippen molar-refractivity contribution >= 4 is 23.6 Å². The summed E-state index contributed by atoms with van der Waals surface area (Å²) in [6, 6.07) is 7.14. The van der Waals surface area contributed by atoms with Gasteiger partial charge < -0.3 is 15.2 Å². The Morgan fingerprint density at radius 1 is 1.44 bits per heavy atom. The van der Waals surface area contributed by atoms with Crippen LogP contribution in [0.4, 0.5) is 5.69 Å². The molecule has 27 heavy (non-hydrogen) atoms. The van der Waals surface area contributed by atoms with Crippen molar-refractivity contribution in [2.75, 3.05) is 7.11 Å². The molecule has 0 amide bonds. The molecule has 2 aliphatic carbocycles. The van der Waals surface area contributed by atoms with Crippen LogP contribution < -0.4 is 0 Å². The van der Waals surface area contributed by atoms with Gasteiger partial charge in [0.15, 0.2) is 0 Å². The van der Waals surface area contributed by atoms with Crippen LogP contribution in [-0.2, 0) is 14.9 Å². The van der Waals surface area contributed by atoms with E-state index in [1.807, 2.05) is 37.3 Å². The van der Waals surface area contributed by atoms with Crippen molar-refractivity contribution in [3.63, 3.8) is 0 Å². The highest BCUT2D eigenvalue weighted by Crippen LogP contribution is 2.66. The maximum absolute atomic E-state index is 13.1. The largest absolute Gasteiger partial charge is 0.469 e. The Balaban J connectivity index is 1.87. The Morgan fingerprint density at radius 3 is 2.93 bits per heavy atom. The van der Waals surface area contributed by atoms with Crippen LogP contribution in [-0.4, -0.2) is 52.6 Å². The van der Waals surface area contributed by atoms with Gasteiger partial charge in [0.2, 0.25) is 0 Å². The highest BCUT2D eigenvalue weighted by atomic mass is 16.5. The Hall–Kier alpha value is -2.51. The molecule has 5 aliphatic rings. The van der Waals surface area contributed by atoms with Crippen LogP contribution in [0.15, 0.2) is 46.1 Å². The van der Waals surface area contributed by atoms with E-state index < -0.39 is 17.3 Å². The molecular formula is C20H21N3O4. The van der Waals surface area contributed by atoms with Crippen molar-refractivity contribution in [3.05, 3.63) is 41.5 Å². The molecule has 1 aromatic carbocycles. The first-order valence-electron chi connectivity index (χ1n) is 9.18. The van der Waals surface area contributed by atoms with E-state index >= 15 is 0 Å². The Labute approximate surface area is 156 Å². The zero-order chi connectivity index (χ0) is 18.9. The lowest BCUT2D eigenvalue weighted by atomic mass is 9.42. The van der Waals surface area contributed by atoms with Crippen LogP contribution in [0.3, 0.4) is 0 Å². The number of benzene rings is 1. The second-order valence-corrected chi connectivity index (χ2v) is 7.65. The van der Waals surface area contributed by atoms with E-state index in [0.29, 0.717) is 6.42 Å². The quantitative estimate of drug-likeness (QED) is 0.275. The number of aliphatic imine (C=N–C) groups is 1. The van der Waals surface area contributed by atoms with Gasteiger partial charge in [0.1, 0.15) is 0 Å². The summed E-state index contributed by atoms with van der Waals surface area (Å²) in [7, 11) is 1.41. The predicted octanol–water partition coefficient (Wildman–Crippen LogP) is 2.30. The number of hydrogen-bond donors (Lipinski definition) is 2. The van der Waals surface area contributed by atoms with Gasteiger partial charge in [-0.1, -0.05) is 29.8 Å². The van der Waals surface area contributed by atoms with Crippen molar-refractivity contribution in [3.8, 4) is 0 Å². The molecule has 7 nitrogen and oxygen atoms in total. The van der Waals surface area contributed by atoms with Gasteiger partial charge in [-0.05, 0) is 30.9 Å². The molecule has 2 saturated heterocycles. The Kier molecular flexibility index (Phi) is 3.39. The third kappa shape index (κ3) is 1.72. The zero-order valence-corrected chi connectivity index (χ0v) is 15.1. The molecular weight excluding hydrogens is 346 g/mol. The summed E-state index contributed by atoms with van der Waals surface area (Å²) < 4.78 is 5.24. The van der Waals surface area contributed by atoms with E-state index in [0.717, 1.165) is 22.5 Å². The maximum Gasteiger partial charge on any atom is 0.310 e. The minimum atomic E-state index is -0.764. The number of hydroxylamine groups is 2. The van der Waals surface area contributed by atoms with Gasteiger partial charge in [-0.3, -0.25) is 9.79 Å². The topological polar surface area (TPSA) is 94.7 Å². The van der Waals surface area contributed by atoms with E-state index in [1.165, 1.54) is 18.4 Å². The molecule has 6 atom stereocenters. The molecule has 0 radical (unpaired) electrons. The number of methoxy groups -OCH3 is 1. The number of carbonyl (C=O) groups is 1. The number of allylic oxidation sites excluding steroid dienone is 1. The molecule has 7 heteroatoms. The molecule has 3 heterocycles. The van der Waals surface area contributed by atoms with Gasteiger partial charge in [0, 0.05) is 12.1 Å². The Bertz CT molecular complexity index is 924. The van der Waals surface area contributed by atoms with Crippen LogP contribution in [0.5, 0.6) is 0 Å². The molecule has 3 aliphatic heterocycles. The zero-order valence-electron chi connectivity index (χ0n) is 15.1. The van der Waals surface area contributed by atoms with Crippen molar-refractivity contribution in [2.45, 2.75) is 30.8 Å². The van der Waals surface area contributed by atoms with Gasteiger partial charge in [-0.15, -0.1) is 5.16 Å². The number of ether oxygens (including phenoxy) is 1. The highest BCUT2D eigenvalue weighted by Gasteiger charge is 2.73. The fourth-order valence-electron chi connectivity index (χ4n) is 6.20. The summed E-state index contributed by atoms with van der Waals surface area (Å²) in [4.78, 5) is 17.9. The van der Waals surface area contributed by atoms with Gasteiger partial charge >= 0.3 is 5.97 Å². The molecule has 2 saturated carbocycles. The fourth-order valence-corrected chi connectivity index (χ4v) is 6.20. The van der Waals surface area contributed by atoms with Crippen molar-refractivity contribution in [1.29, 1.82) is 0 Å². The molecule has 140 valence electrons. The number of para-hydroxylation sites is 1. The fraction of sp³-hybridized carbons (Fsp3) is 0.450. The summed E-state index contributed by atoms with van der Waals surface area (Å²) in [6.45, 7) is 1.92. The number of carbonyl (C=O) groups excluding carboxylic acids is 1. The van der Waals surface area contributed by atoms with Crippen LogP contribution in [0.1, 0.15) is 18.9 Å². The van der Waals surface area contributed by atoms with Gasteiger partial charge in [0.25, 0.3) is 0 Å². The molecule has 2 N–H and O–H groups in total. The highest BCUT2D eigenvalue weighted by molar-refractivity contribution is 6.12. The first kappa shape index (κ1) is 16.6. The van der Waals surface area contributed by atoms with Crippen LogP contribution in [0.2, 0.25) is 0 Å². The van der Waals surface area contributed by atoms with Crippen molar-refractivity contribution < 1.29 is 19.9 Å². The lowest BCUT2D eigenvalue weighted by Gasteiger charge is -2.65. The minimum absolute atomic E-state index is 0.0469. The number of hydrogen-bond acceptors (Lipinski definition) is 7. The summed E-state index contributed by atoms with van der Waals surface area (Å²) in [6.07, 6.45) is 4.03. The van der Waals surface area contributed by atoms with Gasteiger partial charge in [-0.25, -0.2) is 0 Å². The summed E-state index contributed by atoms with van der Waals surface area (Å²) >= 11 is 0. The van der Waals surface area contributed by atoms with E-state index in [-0.39, 0.29) is 24.0 Å². The molecule has 4 fully saturated rings. The van der Waals surface area contributed by atoms with Crippen LogP contribution >= 0.6 is 0 Å². The van der Waals surface area contributed by atoms with Crippen molar-refractivity contribution in [1.82, 2.24) is 5.06 Å². The SMILES string of the molecule is C/C=C1/C2CC3C4=Nc5ccccc5C4(C(/C=N/O)C1N3O)C2C(=O)OC. The van der Waals surface area contributed by atoms with Crippen LogP contribution in [0.25, 0.3) is 0 Å². The van der Waals surface area contributed by atoms with Crippen molar-refractivity contribution in [2.24, 2.45) is 27.9 Å². The summed E-state index contributed by atoms with van der Waals surface area (Å²) in [5, 5.41) is 25.1. The van der Waals surface area contributed by atoms with Gasteiger partial charge in [-0.2, -0.15) is 5.06 Å². The van der Waals surface area contributed by atoms with Gasteiger partial charge in [0.05, 0.1) is 41.9 Å². The number of oxime groups is 1. The standard InChI is InChI=1S/C20H21N3O4/c1-3-10-11-8-15-18-20(16(11)19(24)27-2,12-6-4-5-7-14(12)22-18)13(9-21-25)17(10)23(15)26/h3-7,9,11,13,15-17,25-26H,8H2,1-2H3/b10-3-,21-9+. The molecule has 1 spiro atoms. The Morgan fingerprint density at radius 2 is 2.22 bits per heavy atom. The molecule has 0 aromatic heterocycles. The van der Waals surface area contributed by atoms with E-state index in [4.69, 9.17) is 9.73 Å². The maximum atomic E-state index is 13.1. The van der Waals surface area contributed by atoms with E-state index in [2.05, 4.69) is 5.16 Å². The molecule has 4 bridgehead atoms. The molecule has 1 aromatic rings. The molecule has 6 unspecified atom stereocenters. The molecule has 6 rings (SSSR count). The predicted molar refractivity (Wildman–Crippen MR) is 97.6 cm³/mol. The average molecular weight is 367 g/mol. The summed E-state index contributed by atoms with van der Waals surface area (Å²) in [5.41, 5.74) is 2.75. The number of nitrogens with zero attached hydrogens (tertiary/aromatic N) is 3. The number of rotatable bonds is 2. The third-order valence-corrected chi connectivity index (χ3v) is 6.96. The first-order chi connectivity index (χ1) is 13.1. The van der Waals surface area contributed by atoms with E-state index in [1.54, 1.807) is 0 Å². The lowest BCUT2D eigenvalue weighted by molar-refractivity contribution is -0.200. The summed E-state index contributed by atoms with van der Waals surface area (Å²) in [5.74, 6) is -1.24. The second kappa shape index (κ2) is 5.50. The monoisotopic (exact) mass is 367 g/mol. The number of fused-ring (bicyclic) bond motifs is 1. The first-order valence-corrected chi connectivity index (χ1v) is 9.18.